The van der Waals surface area contributed by atoms with Crippen molar-refractivity contribution < 1.29 is 14.6 Å². The molecule has 0 heterocycles. The molecule has 0 aliphatic heterocycles. The summed E-state index contributed by atoms with van der Waals surface area (Å²) in [7, 11) is 0. The molecule has 0 spiro atoms. The largest absolute Gasteiger partial charge is 0.322 e. The lowest BCUT2D eigenvalue weighted by atomic mass is 10.2. The molecule has 2 aromatic carbocycles. The lowest BCUT2D eigenvalue weighted by Crippen LogP contribution is -2.12. The van der Waals surface area contributed by atoms with Gasteiger partial charge in [0.2, 0.25) is 0 Å². The van der Waals surface area contributed by atoms with Gasteiger partial charge in [0.05, 0.1) is 20.4 Å². The van der Waals surface area contributed by atoms with E-state index in [1.807, 2.05) is 0 Å². The number of amides is 1. The van der Waals surface area contributed by atoms with Gasteiger partial charge in [-0.05, 0) is 18.2 Å². The highest BCUT2D eigenvalue weighted by Crippen LogP contribution is 2.28. The van der Waals surface area contributed by atoms with Gasteiger partial charge >= 0.3 is 0 Å². The van der Waals surface area contributed by atoms with Gasteiger partial charge in [-0.2, -0.15) is 0 Å². The molecule has 1 N–H and O–H groups in total. The summed E-state index contributed by atoms with van der Waals surface area (Å²) >= 11 is 11.6. The van der Waals surface area contributed by atoms with Crippen molar-refractivity contribution in [2.45, 2.75) is 0 Å². The fourth-order valence-electron chi connectivity index (χ4n) is 1.73. The zero-order valence-electron chi connectivity index (χ0n) is 11.2. The smallest absolute Gasteiger partial charge is 0.288 e. The molecule has 23 heavy (non-hydrogen) atoms. The summed E-state index contributed by atoms with van der Waals surface area (Å²) in [5.74, 6) is -0.630. The Bertz CT molecular complexity index is 825. The lowest BCUT2D eigenvalue weighted by Gasteiger charge is -2.07. The van der Waals surface area contributed by atoms with Crippen LogP contribution in [-0.4, -0.2) is 15.8 Å². The third-order valence-corrected chi connectivity index (χ3v) is 3.43. The van der Waals surface area contributed by atoms with Crippen LogP contribution >= 0.6 is 23.2 Å². The van der Waals surface area contributed by atoms with Crippen LogP contribution in [0.1, 0.15) is 10.4 Å². The number of nitro groups is 2. The first-order chi connectivity index (χ1) is 10.8. The molecule has 0 aromatic heterocycles. The summed E-state index contributed by atoms with van der Waals surface area (Å²) in [6.07, 6.45) is 0. The van der Waals surface area contributed by atoms with Gasteiger partial charge in [0.15, 0.2) is 0 Å². The number of non-ortho nitro benzene ring substituents is 1. The number of carbonyl (C=O) groups excluding carboxylic acids is 1. The molecule has 0 aliphatic carbocycles. The van der Waals surface area contributed by atoms with Crippen LogP contribution in [0, 0.1) is 20.2 Å². The van der Waals surface area contributed by atoms with E-state index in [4.69, 9.17) is 23.2 Å². The van der Waals surface area contributed by atoms with Gasteiger partial charge in [0.25, 0.3) is 17.3 Å². The highest BCUT2D eigenvalue weighted by molar-refractivity contribution is 6.35. The maximum atomic E-state index is 12.1. The van der Waals surface area contributed by atoms with E-state index in [1.54, 1.807) is 0 Å². The van der Waals surface area contributed by atoms with Gasteiger partial charge in [0.1, 0.15) is 5.02 Å². The molecular formula is C13H7Cl2N3O5. The molecule has 10 heteroatoms. The number of hydrogen-bond acceptors (Lipinski definition) is 5. The third-order valence-electron chi connectivity index (χ3n) is 2.81. The summed E-state index contributed by atoms with van der Waals surface area (Å²) < 4.78 is 0. The van der Waals surface area contributed by atoms with Gasteiger partial charge in [-0.25, -0.2) is 0 Å². The number of hydrogen-bond donors (Lipinski definition) is 1. The summed E-state index contributed by atoms with van der Waals surface area (Å²) in [5.41, 5.74) is -0.297. The van der Waals surface area contributed by atoms with E-state index in [1.165, 1.54) is 18.2 Å². The highest BCUT2D eigenvalue weighted by Gasteiger charge is 2.17. The topological polar surface area (TPSA) is 115 Å². The second-order valence-corrected chi connectivity index (χ2v) is 5.11. The molecule has 0 bridgehead atoms. The Morgan fingerprint density at radius 1 is 0.957 bits per heavy atom. The molecule has 0 saturated carbocycles. The fourth-order valence-corrected chi connectivity index (χ4v) is 2.24. The van der Waals surface area contributed by atoms with Gasteiger partial charge in [-0.15, -0.1) is 0 Å². The van der Waals surface area contributed by atoms with E-state index < -0.39 is 15.8 Å². The van der Waals surface area contributed by atoms with Gasteiger partial charge < -0.3 is 5.32 Å². The van der Waals surface area contributed by atoms with E-state index in [0.29, 0.717) is 0 Å². The third kappa shape index (κ3) is 3.74. The molecule has 2 rings (SSSR count). The minimum absolute atomic E-state index is 0.0201. The maximum Gasteiger partial charge on any atom is 0.288 e. The molecule has 2 aromatic rings. The van der Waals surface area contributed by atoms with Crippen LogP contribution in [0.2, 0.25) is 10.0 Å². The van der Waals surface area contributed by atoms with Crippen molar-refractivity contribution in [2.24, 2.45) is 0 Å². The number of rotatable bonds is 4. The second kappa shape index (κ2) is 6.59. The molecular weight excluding hydrogens is 349 g/mol. The van der Waals surface area contributed by atoms with Crippen molar-refractivity contribution in [3.63, 3.8) is 0 Å². The van der Waals surface area contributed by atoms with Crippen LogP contribution in [0.4, 0.5) is 17.1 Å². The molecule has 0 fully saturated rings. The van der Waals surface area contributed by atoms with Crippen molar-refractivity contribution in [1.29, 1.82) is 0 Å². The van der Waals surface area contributed by atoms with E-state index in [2.05, 4.69) is 5.32 Å². The van der Waals surface area contributed by atoms with Crippen molar-refractivity contribution in [1.82, 2.24) is 0 Å². The highest BCUT2D eigenvalue weighted by atomic mass is 35.5. The first kappa shape index (κ1) is 16.7. The van der Waals surface area contributed by atoms with Crippen LogP contribution < -0.4 is 5.32 Å². The average molecular weight is 356 g/mol. The van der Waals surface area contributed by atoms with Crippen molar-refractivity contribution in [2.75, 3.05) is 5.32 Å². The van der Waals surface area contributed by atoms with Crippen LogP contribution in [0.15, 0.2) is 36.4 Å². The molecule has 0 saturated heterocycles. The summed E-state index contributed by atoms with van der Waals surface area (Å²) in [6, 6.07) is 7.08. The summed E-state index contributed by atoms with van der Waals surface area (Å²) in [6.45, 7) is 0. The van der Waals surface area contributed by atoms with Crippen molar-refractivity contribution in [3.05, 3.63) is 72.2 Å². The molecule has 0 aliphatic rings. The fraction of sp³-hybridized carbons (Fsp3) is 0. The standard InChI is InChI=1S/C13H7Cl2N3O5/c14-10-6-8(17(20)21)2-3-9(10)13(19)16-7-1-4-12(18(22)23)11(15)5-7/h1-6H,(H,16,19). The van der Waals surface area contributed by atoms with Gasteiger partial charge in [-0.1, -0.05) is 23.2 Å². The SMILES string of the molecule is O=C(Nc1ccc([N+](=O)[O-])c(Cl)c1)c1ccc([N+](=O)[O-])cc1Cl. The molecule has 118 valence electrons. The zero-order valence-corrected chi connectivity index (χ0v) is 12.7. The molecule has 1 amide bonds. The van der Waals surface area contributed by atoms with Crippen molar-refractivity contribution in [3.8, 4) is 0 Å². The Hall–Kier alpha value is -2.71. The number of nitro benzene ring substituents is 2. The van der Waals surface area contributed by atoms with Crippen LogP contribution in [0.3, 0.4) is 0 Å². The Balaban J connectivity index is 2.24. The van der Waals surface area contributed by atoms with Gasteiger partial charge in [-0.3, -0.25) is 25.0 Å². The molecule has 0 radical (unpaired) electrons. The normalized spacial score (nSPS) is 10.2. The number of benzene rings is 2. The number of nitrogens with zero attached hydrogens (tertiary/aromatic N) is 2. The van der Waals surface area contributed by atoms with Crippen LogP contribution in [0.25, 0.3) is 0 Å². The lowest BCUT2D eigenvalue weighted by molar-refractivity contribution is -0.385. The minimum Gasteiger partial charge on any atom is -0.322 e. The minimum atomic E-state index is -0.652. The quantitative estimate of drug-likeness (QED) is 0.655. The predicted molar refractivity (Wildman–Crippen MR) is 84.2 cm³/mol. The summed E-state index contributed by atoms with van der Waals surface area (Å²) in [4.78, 5) is 32.1. The maximum absolute atomic E-state index is 12.1. The Labute approximate surface area is 138 Å². The first-order valence-electron chi connectivity index (χ1n) is 5.99. The zero-order chi connectivity index (χ0) is 17.1. The first-order valence-corrected chi connectivity index (χ1v) is 6.74. The van der Waals surface area contributed by atoms with E-state index in [0.717, 1.165) is 18.2 Å². The van der Waals surface area contributed by atoms with E-state index in [9.17, 15) is 25.0 Å². The predicted octanol–water partition coefficient (Wildman–Crippen LogP) is 4.06. The van der Waals surface area contributed by atoms with Gasteiger partial charge in [0, 0.05) is 23.9 Å². The number of nitrogens with one attached hydrogen (secondary N) is 1. The van der Waals surface area contributed by atoms with E-state index in [-0.39, 0.29) is 32.7 Å². The monoisotopic (exact) mass is 355 g/mol. The second-order valence-electron chi connectivity index (χ2n) is 4.30. The molecule has 0 atom stereocenters. The van der Waals surface area contributed by atoms with Crippen LogP contribution in [-0.2, 0) is 0 Å². The number of carbonyl (C=O) groups is 1. The van der Waals surface area contributed by atoms with Crippen molar-refractivity contribution >= 4 is 46.2 Å². The average Bonchev–Trinajstić information content (AvgIpc) is 2.46. The number of anilines is 1. The molecule has 0 unspecified atom stereocenters. The summed E-state index contributed by atoms with van der Waals surface area (Å²) in [5, 5.41) is 23.5. The van der Waals surface area contributed by atoms with Crippen LogP contribution in [0.5, 0.6) is 0 Å². The Morgan fingerprint density at radius 2 is 1.65 bits per heavy atom. The molecule has 8 nitrogen and oxygen atoms in total. The van der Waals surface area contributed by atoms with E-state index >= 15 is 0 Å². The number of halogens is 2. The Kier molecular flexibility index (Phi) is 4.77. The Morgan fingerprint density at radius 3 is 2.17 bits per heavy atom.